The van der Waals surface area contributed by atoms with Crippen LogP contribution in [0.3, 0.4) is 0 Å². The van der Waals surface area contributed by atoms with Gasteiger partial charge in [-0.2, -0.15) is 19.5 Å². The van der Waals surface area contributed by atoms with Crippen molar-refractivity contribution >= 4 is 35.2 Å². The van der Waals surface area contributed by atoms with E-state index in [1.165, 1.54) is 24.3 Å². The number of benzene rings is 2. The fourth-order valence-electron chi connectivity index (χ4n) is 2.81. The molecule has 4 rings (SSSR count). The highest BCUT2D eigenvalue weighted by Crippen LogP contribution is 2.19. The molecule has 0 amide bonds. The molecule has 0 aliphatic rings. The number of carboxylic acids is 2. The third-order valence-electron chi connectivity index (χ3n) is 4.40. The van der Waals surface area contributed by atoms with Crippen LogP contribution in [-0.2, 0) is 7.05 Å². The van der Waals surface area contributed by atoms with Crippen molar-refractivity contribution in [2.24, 2.45) is 7.05 Å². The van der Waals surface area contributed by atoms with Crippen LogP contribution in [0.25, 0.3) is 5.95 Å². The quantitative estimate of drug-likeness (QED) is 0.323. The van der Waals surface area contributed by atoms with E-state index in [9.17, 15) is 9.59 Å². The molecule has 160 valence electrons. The van der Waals surface area contributed by atoms with Gasteiger partial charge in [-0.3, -0.25) is 0 Å². The van der Waals surface area contributed by atoms with Gasteiger partial charge in [0.05, 0.1) is 18.2 Å². The van der Waals surface area contributed by atoms with E-state index < -0.39 is 11.9 Å². The summed E-state index contributed by atoms with van der Waals surface area (Å²) in [5.41, 5.74) is 1.53. The molecule has 0 aliphatic heterocycles. The highest BCUT2D eigenvalue weighted by atomic mass is 16.4. The van der Waals surface area contributed by atoms with Crippen molar-refractivity contribution in [3.63, 3.8) is 0 Å². The van der Waals surface area contributed by atoms with Gasteiger partial charge in [-0.1, -0.05) is 0 Å². The molecule has 0 aliphatic carbocycles. The number of carboxylic acid groups (broad SMARTS) is 2. The van der Waals surface area contributed by atoms with Crippen molar-refractivity contribution in [2.75, 3.05) is 10.6 Å². The summed E-state index contributed by atoms with van der Waals surface area (Å²) < 4.78 is 3.54. The van der Waals surface area contributed by atoms with Crippen LogP contribution in [0.15, 0.2) is 67.3 Å². The van der Waals surface area contributed by atoms with E-state index in [0.29, 0.717) is 17.3 Å². The lowest BCUT2D eigenvalue weighted by Gasteiger charge is -2.09. The first-order valence-corrected chi connectivity index (χ1v) is 9.38. The van der Waals surface area contributed by atoms with Gasteiger partial charge >= 0.3 is 17.9 Å². The van der Waals surface area contributed by atoms with E-state index in [4.69, 9.17) is 10.2 Å². The van der Waals surface area contributed by atoms with Gasteiger partial charge in [-0.05, 0) is 48.5 Å². The summed E-state index contributed by atoms with van der Waals surface area (Å²) in [5, 5.41) is 24.2. The molecule has 0 unspecified atom stereocenters. The van der Waals surface area contributed by atoms with E-state index in [1.54, 1.807) is 41.4 Å². The minimum Gasteiger partial charge on any atom is -0.478 e. The average Bonchev–Trinajstić information content (AvgIpc) is 3.21. The van der Waals surface area contributed by atoms with Gasteiger partial charge in [-0.25, -0.2) is 14.2 Å². The maximum absolute atomic E-state index is 11.1. The lowest BCUT2D eigenvalue weighted by atomic mass is 10.2. The first-order valence-electron chi connectivity index (χ1n) is 9.38. The number of imidazole rings is 1. The van der Waals surface area contributed by atoms with E-state index in [0.717, 1.165) is 0 Å². The number of aryl methyl sites for hydroxylation is 1. The summed E-state index contributed by atoms with van der Waals surface area (Å²) in [6, 6.07) is 12.3. The molecular formula is C21H18N7O4+. The number of rotatable bonds is 7. The van der Waals surface area contributed by atoms with Gasteiger partial charge in [0.1, 0.15) is 12.4 Å². The highest BCUT2D eigenvalue weighted by Gasteiger charge is 2.14. The van der Waals surface area contributed by atoms with Gasteiger partial charge in [0, 0.05) is 11.4 Å². The molecule has 0 radical (unpaired) electrons. The maximum atomic E-state index is 11.1. The number of hydrogen-bond donors (Lipinski definition) is 4. The molecule has 11 heteroatoms. The molecule has 2 aromatic heterocycles. The Bertz CT molecular complexity index is 1210. The first kappa shape index (κ1) is 20.5. The molecule has 0 saturated heterocycles. The third kappa shape index (κ3) is 4.67. The smallest absolute Gasteiger partial charge is 0.335 e. The molecular weight excluding hydrogens is 414 g/mol. The van der Waals surface area contributed by atoms with E-state index in [1.807, 2.05) is 17.8 Å². The Balaban J connectivity index is 1.66. The van der Waals surface area contributed by atoms with E-state index >= 15 is 0 Å². The van der Waals surface area contributed by atoms with Crippen molar-refractivity contribution in [1.82, 2.24) is 19.5 Å². The Hall–Kier alpha value is -4.80. The second-order valence-electron chi connectivity index (χ2n) is 6.78. The number of carbonyl (C=O) groups is 2. The lowest BCUT2D eigenvalue weighted by Crippen LogP contribution is -2.23. The van der Waals surface area contributed by atoms with Crippen LogP contribution in [0.5, 0.6) is 0 Å². The fourth-order valence-corrected chi connectivity index (χ4v) is 2.81. The summed E-state index contributed by atoms with van der Waals surface area (Å²) in [4.78, 5) is 35.3. The van der Waals surface area contributed by atoms with Crippen LogP contribution < -0.4 is 15.2 Å². The molecule has 32 heavy (non-hydrogen) atoms. The maximum Gasteiger partial charge on any atom is 0.335 e. The Morgan fingerprint density at radius 1 is 0.812 bits per heavy atom. The van der Waals surface area contributed by atoms with Crippen molar-refractivity contribution in [1.29, 1.82) is 0 Å². The van der Waals surface area contributed by atoms with Gasteiger partial charge in [0.2, 0.25) is 11.9 Å². The van der Waals surface area contributed by atoms with Gasteiger partial charge in [0.25, 0.3) is 6.33 Å². The zero-order chi connectivity index (χ0) is 22.7. The molecule has 2 aromatic carbocycles. The van der Waals surface area contributed by atoms with Crippen molar-refractivity contribution in [2.45, 2.75) is 0 Å². The first-order chi connectivity index (χ1) is 15.4. The molecule has 0 fully saturated rings. The summed E-state index contributed by atoms with van der Waals surface area (Å²) in [5.74, 6) is -1.21. The normalized spacial score (nSPS) is 10.5. The zero-order valence-electron chi connectivity index (χ0n) is 16.8. The predicted molar refractivity (Wildman–Crippen MR) is 114 cm³/mol. The second-order valence-corrected chi connectivity index (χ2v) is 6.78. The predicted octanol–water partition coefficient (Wildman–Crippen LogP) is 2.37. The van der Waals surface area contributed by atoms with Gasteiger partial charge < -0.3 is 20.8 Å². The molecule has 0 bridgehead atoms. The number of hydrogen-bond acceptors (Lipinski definition) is 7. The van der Waals surface area contributed by atoms with Crippen LogP contribution in [0.2, 0.25) is 0 Å². The Morgan fingerprint density at radius 2 is 1.28 bits per heavy atom. The number of aromatic carboxylic acids is 2. The molecule has 4 aromatic rings. The number of aromatic nitrogens is 5. The minimum atomic E-state index is -1.01. The van der Waals surface area contributed by atoms with Gasteiger partial charge in [-0.15, -0.1) is 0 Å². The van der Waals surface area contributed by atoms with Crippen LogP contribution in [0.1, 0.15) is 20.7 Å². The number of nitrogens with zero attached hydrogens (tertiary/aromatic N) is 5. The lowest BCUT2D eigenvalue weighted by molar-refractivity contribution is -0.670. The number of anilines is 4. The molecule has 0 atom stereocenters. The zero-order valence-corrected chi connectivity index (χ0v) is 16.8. The highest BCUT2D eigenvalue weighted by molar-refractivity contribution is 5.88. The van der Waals surface area contributed by atoms with Crippen molar-refractivity contribution < 1.29 is 24.4 Å². The van der Waals surface area contributed by atoms with E-state index in [2.05, 4.69) is 25.6 Å². The molecule has 0 saturated carbocycles. The summed E-state index contributed by atoms with van der Waals surface area (Å²) in [7, 11) is 1.87. The topological polar surface area (TPSA) is 146 Å². The molecule has 11 nitrogen and oxygen atoms in total. The van der Waals surface area contributed by atoms with Gasteiger partial charge in [0.15, 0.2) is 0 Å². The summed E-state index contributed by atoms with van der Waals surface area (Å²) in [6.45, 7) is 0. The van der Waals surface area contributed by atoms with Crippen LogP contribution in [-0.4, -0.2) is 41.7 Å². The average molecular weight is 432 g/mol. The van der Waals surface area contributed by atoms with Crippen LogP contribution in [0, 0.1) is 0 Å². The SMILES string of the molecule is C[n+]1ccn(-c2nc(Nc3ccc(C(=O)O)cc3)nc(Nc3ccc(C(=O)O)cc3)n2)c1. The van der Waals surface area contributed by atoms with E-state index in [-0.39, 0.29) is 23.0 Å². The molecule has 0 spiro atoms. The van der Waals surface area contributed by atoms with Crippen LogP contribution in [0.4, 0.5) is 23.3 Å². The Kier molecular flexibility index (Phi) is 5.45. The molecule has 2 heterocycles. The van der Waals surface area contributed by atoms with Crippen molar-refractivity contribution in [3.05, 3.63) is 78.4 Å². The molecule has 4 N–H and O–H groups in total. The standard InChI is InChI=1S/C21H17N7O4/c1-27-10-11-28(12-27)21-25-19(22-15-6-2-13(3-7-15)17(29)30)24-20(26-21)23-16-8-4-14(5-9-16)18(31)32/h2-12H,1H3,(H3-,22,23,24,25,26,29,30,31,32)/p+1. The second kappa shape index (κ2) is 8.52. The number of nitrogens with one attached hydrogen (secondary N) is 2. The van der Waals surface area contributed by atoms with Crippen LogP contribution >= 0.6 is 0 Å². The third-order valence-corrected chi connectivity index (χ3v) is 4.40. The Morgan fingerprint density at radius 3 is 1.66 bits per heavy atom. The Labute approximate surface area is 181 Å². The minimum absolute atomic E-state index is 0.166. The monoisotopic (exact) mass is 432 g/mol. The fraction of sp³-hybridized carbons (Fsp3) is 0.0476. The largest absolute Gasteiger partial charge is 0.478 e. The summed E-state index contributed by atoms with van der Waals surface area (Å²) in [6.07, 6.45) is 5.40. The van der Waals surface area contributed by atoms with Crippen molar-refractivity contribution in [3.8, 4) is 5.95 Å². The summed E-state index contributed by atoms with van der Waals surface area (Å²) >= 11 is 0.